The molecule has 7 heteroatoms. The van der Waals surface area contributed by atoms with Crippen molar-refractivity contribution in [2.24, 2.45) is 4.99 Å². The number of rotatable bonds is 10. The topological polar surface area (TPSA) is 72.7 Å². The molecule has 0 amide bonds. The number of aromatic nitrogens is 2. The molecule has 0 saturated carbocycles. The molecule has 2 N–H and O–H groups in total. The van der Waals surface area contributed by atoms with E-state index in [1.165, 1.54) is 5.56 Å². The highest BCUT2D eigenvalue weighted by atomic mass is 16.5. The maximum atomic E-state index is 6.01. The molecule has 1 aromatic heterocycles. The summed E-state index contributed by atoms with van der Waals surface area (Å²) in [5.74, 6) is 3.09. The average molecular weight is 422 g/mol. The standard InChI is InChI=1S/C24H31N5O2/c1-4-25-24(27-16-19(2)31-22-13-9-8-12-21(22)30-3)28-17-23-26-14-15-29(23)18-20-10-6-5-7-11-20/h5-15,19H,4,16-18H2,1-3H3,(H2,25,27,28). The van der Waals surface area contributed by atoms with Crippen LogP contribution in [0.5, 0.6) is 11.5 Å². The summed E-state index contributed by atoms with van der Waals surface area (Å²) in [6, 6.07) is 18.0. The van der Waals surface area contributed by atoms with Gasteiger partial charge in [-0.1, -0.05) is 42.5 Å². The summed E-state index contributed by atoms with van der Waals surface area (Å²) in [6.45, 7) is 6.68. The molecule has 1 atom stereocenters. The Hall–Kier alpha value is -3.48. The second kappa shape index (κ2) is 11.6. The fourth-order valence-corrected chi connectivity index (χ4v) is 3.12. The SMILES string of the molecule is CCNC(=NCc1nccn1Cc1ccccc1)NCC(C)Oc1ccccc1OC. The van der Waals surface area contributed by atoms with E-state index in [0.717, 1.165) is 36.4 Å². The molecule has 0 saturated heterocycles. The number of hydrogen-bond acceptors (Lipinski definition) is 4. The predicted molar refractivity (Wildman–Crippen MR) is 124 cm³/mol. The molecule has 31 heavy (non-hydrogen) atoms. The Morgan fingerprint density at radius 2 is 1.81 bits per heavy atom. The highest BCUT2D eigenvalue weighted by Gasteiger charge is 2.10. The third-order valence-electron chi connectivity index (χ3n) is 4.67. The Bertz CT molecular complexity index is 955. The summed E-state index contributed by atoms with van der Waals surface area (Å²) in [4.78, 5) is 9.18. The van der Waals surface area contributed by atoms with Gasteiger partial charge in [0.15, 0.2) is 17.5 Å². The summed E-state index contributed by atoms with van der Waals surface area (Å²) >= 11 is 0. The Labute approximate surface area is 184 Å². The normalized spacial score (nSPS) is 12.3. The van der Waals surface area contributed by atoms with Crippen molar-refractivity contribution in [3.05, 3.63) is 78.4 Å². The number of ether oxygens (including phenoxy) is 2. The van der Waals surface area contributed by atoms with Crippen molar-refractivity contribution in [1.82, 2.24) is 20.2 Å². The second-order valence-corrected chi connectivity index (χ2v) is 7.11. The molecule has 0 aliphatic heterocycles. The second-order valence-electron chi connectivity index (χ2n) is 7.11. The zero-order valence-electron chi connectivity index (χ0n) is 18.4. The van der Waals surface area contributed by atoms with Crippen LogP contribution in [-0.4, -0.2) is 41.8 Å². The Balaban J connectivity index is 1.57. The third kappa shape index (κ3) is 6.77. The van der Waals surface area contributed by atoms with E-state index < -0.39 is 0 Å². The number of para-hydroxylation sites is 2. The first-order chi connectivity index (χ1) is 15.2. The summed E-state index contributed by atoms with van der Waals surface area (Å²) in [7, 11) is 1.64. The van der Waals surface area contributed by atoms with E-state index in [1.54, 1.807) is 7.11 Å². The number of nitrogens with one attached hydrogen (secondary N) is 2. The van der Waals surface area contributed by atoms with Crippen LogP contribution in [0.2, 0.25) is 0 Å². The lowest BCUT2D eigenvalue weighted by Gasteiger charge is -2.19. The van der Waals surface area contributed by atoms with E-state index in [-0.39, 0.29) is 6.10 Å². The van der Waals surface area contributed by atoms with Crippen molar-refractivity contribution in [2.75, 3.05) is 20.2 Å². The predicted octanol–water partition coefficient (Wildman–Crippen LogP) is 3.46. The molecule has 0 radical (unpaired) electrons. The highest BCUT2D eigenvalue weighted by Crippen LogP contribution is 2.26. The van der Waals surface area contributed by atoms with E-state index in [9.17, 15) is 0 Å². The maximum Gasteiger partial charge on any atom is 0.191 e. The van der Waals surface area contributed by atoms with Crippen molar-refractivity contribution in [1.29, 1.82) is 0 Å². The van der Waals surface area contributed by atoms with Crippen molar-refractivity contribution < 1.29 is 9.47 Å². The van der Waals surface area contributed by atoms with E-state index >= 15 is 0 Å². The molecule has 0 aliphatic carbocycles. The van der Waals surface area contributed by atoms with Crippen molar-refractivity contribution in [3.8, 4) is 11.5 Å². The van der Waals surface area contributed by atoms with Gasteiger partial charge in [0, 0.05) is 25.5 Å². The number of hydrogen-bond donors (Lipinski definition) is 2. The molecule has 1 unspecified atom stereocenters. The minimum Gasteiger partial charge on any atom is -0.493 e. The van der Waals surface area contributed by atoms with Crippen LogP contribution in [0.25, 0.3) is 0 Å². The highest BCUT2D eigenvalue weighted by molar-refractivity contribution is 5.79. The van der Waals surface area contributed by atoms with Crippen molar-refractivity contribution in [3.63, 3.8) is 0 Å². The average Bonchev–Trinajstić information content (AvgIpc) is 3.23. The first-order valence-electron chi connectivity index (χ1n) is 10.6. The molecular formula is C24H31N5O2. The summed E-state index contributed by atoms with van der Waals surface area (Å²) < 4.78 is 13.5. The molecule has 164 valence electrons. The first kappa shape index (κ1) is 22.2. The fraction of sp³-hybridized carbons (Fsp3) is 0.333. The zero-order valence-corrected chi connectivity index (χ0v) is 18.4. The van der Waals surface area contributed by atoms with Crippen LogP contribution in [0.3, 0.4) is 0 Å². The molecule has 0 spiro atoms. The number of benzene rings is 2. The van der Waals surface area contributed by atoms with Gasteiger partial charge in [-0.3, -0.25) is 0 Å². The molecule has 0 bridgehead atoms. The van der Waals surface area contributed by atoms with Gasteiger partial charge in [0.05, 0.1) is 13.7 Å². The van der Waals surface area contributed by atoms with E-state index in [0.29, 0.717) is 13.1 Å². The van der Waals surface area contributed by atoms with Gasteiger partial charge in [-0.2, -0.15) is 0 Å². The van der Waals surface area contributed by atoms with Crippen LogP contribution in [0.4, 0.5) is 0 Å². The van der Waals surface area contributed by atoms with Gasteiger partial charge in [-0.05, 0) is 31.5 Å². The van der Waals surface area contributed by atoms with Crippen molar-refractivity contribution >= 4 is 5.96 Å². The van der Waals surface area contributed by atoms with Gasteiger partial charge in [-0.15, -0.1) is 0 Å². The molecule has 3 rings (SSSR count). The van der Waals surface area contributed by atoms with E-state index in [1.807, 2.05) is 68.7 Å². The van der Waals surface area contributed by atoms with Crippen molar-refractivity contribution in [2.45, 2.75) is 33.0 Å². The van der Waals surface area contributed by atoms with Crippen LogP contribution in [0.15, 0.2) is 72.0 Å². The van der Waals surface area contributed by atoms with E-state index in [4.69, 9.17) is 14.5 Å². The molecular weight excluding hydrogens is 390 g/mol. The minimum atomic E-state index is -0.0692. The number of aliphatic imine (C=N–C) groups is 1. The van der Waals surface area contributed by atoms with Crippen LogP contribution >= 0.6 is 0 Å². The Morgan fingerprint density at radius 1 is 1.06 bits per heavy atom. The molecule has 3 aromatic rings. The smallest absolute Gasteiger partial charge is 0.191 e. The number of guanidine groups is 1. The monoisotopic (exact) mass is 421 g/mol. The third-order valence-corrected chi connectivity index (χ3v) is 4.67. The van der Waals surface area contributed by atoms with Gasteiger partial charge in [0.2, 0.25) is 0 Å². The zero-order chi connectivity index (χ0) is 21.9. The lowest BCUT2D eigenvalue weighted by Crippen LogP contribution is -2.41. The van der Waals surface area contributed by atoms with Gasteiger partial charge in [-0.25, -0.2) is 9.98 Å². The lowest BCUT2D eigenvalue weighted by atomic mass is 10.2. The summed E-state index contributed by atoms with van der Waals surface area (Å²) in [6.07, 6.45) is 3.73. The Kier molecular flexibility index (Phi) is 8.34. The first-order valence-corrected chi connectivity index (χ1v) is 10.6. The minimum absolute atomic E-state index is 0.0692. The molecule has 7 nitrogen and oxygen atoms in total. The number of methoxy groups -OCH3 is 1. The van der Waals surface area contributed by atoms with E-state index in [2.05, 4.69) is 32.3 Å². The van der Waals surface area contributed by atoms with Crippen LogP contribution in [0.1, 0.15) is 25.2 Å². The van der Waals surface area contributed by atoms with Gasteiger partial charge in [0.1, 0.15) is 18.5 Å². The molecule has 1 heterocycles. The fourth-order valence-electron chi connectivity index (χ4n) is 3.12. The Morgan fingerprint density at radius 3 is 2.55 bits per heavy atom. The maximum absolute atomic E-state index is 6.01. The largest absolute Gasteiger partial charge is 0.493 e. The van der Waals surface area contributed by atoms with Crippen LogP contribution < -0.4 is 20.1 Å². The van der Waals surface area contributed by atoms with Gasteiger partial charge in [0.25, 0.3) is 0 Å². The van der Waals surface area contributed by atoms with Gasteiger partial charge < -0.3 is 24.7 Å². The quantitative estimate of drug-likeness (QED) is 0.387. The van der Waals surface area contributed by atoms with Crippen LogP contribution in [0, 0.1) is 0 Å². The molecule has 0 fully saturated rings. The number of imidazole rings is 1. The lowest BCUT2D eigenvalue weighted by molar-refractivity contribution is 0.213. The summed E-state index contributed by atoms with van der Waals surface area (Å²) in [5, 5.41) is 6.62. The number of nitrogens with zero attached hydrogens (tertiary/aromatic N) is 3. The molecule has 0 aliphatic rings. The summed E-state index contributed by atoms with van der Waals surface area (Å²) in [5.41, 5.74) is 1.23. The van der Waals surface area contributed by atoms with Crippen LogP contribution in [-0.2, 0) is 13.1 Å². The molecule has 2 aromatic carbocycles. The van der Waals surface area contributed by atoms with Gasteiger partial charge >= 0.3 is 0 Å².